The summed E-state index contributed by atoms with van der Waals surface area (Å²) in [6.45, 7) is 2.55. The summed E-state index contributed by atoms with van der Waals surface area (Å²) >= 11 is 0. The fourth-order valence-corrected chi connectivity index (χ4v) is 5.33. The van der Waals surface area contributed by atoms with Crippen LogP contribution in [0, 0.1) is 11.8 Å². The largest absolute Gasteiger partial charge is 0.433 e. The Labute approximate surface area is 216 Å². The number of fused-ring (bicyclic) bond motifs is 2. The van der Waals surface area contributed by atoms with Gasteiger partial charge in [0.1, 0.15) is 5.82 Å². The Kier molecular flexibility index (Phi) is 6.77. The number of imidazole rings is 1. The van der Waals surface area contributed by atoms with E-state index < -0.39 is 29.7 Å². The number of hydrogen-bond acceptors (Lipinski definition) is 7. The molecule has 3 aromatic rings. The van der Waals surface area contributed by atoms with Gasteiger partial charge in [-0.1, -0.05) is 5.92 Å². The van der Waals surface area contributed by atoms with Crippen LogP contribution in [0.25, 0.3) is 11.2 Å². The normalized spacial score (nSPS) is 17.8. The number of aromatic nitrogens is 6. The molecule has 0 bridgehead atoms. The van der Waals surface area contributed by atoms with Crippen LogP contribution in [0.15, 0.2) is 9.59 Å². The Morgan fingerprint density at radius 1 is 1.08 bits per heavy atom. The molecule has 1 fully saturated rings. The lowest BCUT2D eigenvalue weighted by molar-refractivity contribution is -0.142. The van der Waals surface area contributed by atoms with Gasteiger partial charge in [-0.15, -0.1) is 5.92 Å². The summed E-state index contributed by atoms with van der Waals surface area (Å²) < 4.78 is 45.3. The van der Waals surface area contributed by atoms with Gasteiger partial charge in [0.2, 0.25) is 5.95 Å². The average Bonchev–Trinajstić information content (AvgIpc) is 3.27. The first-order chi connectivity index (χ1) is 18.1. The predicted molar refractivity (Wildman–Crippen MR) is 135 cm³/mol. The zero-order valence-electron chi connectivity index (χ0n) is 21.3. The van der Waals surface area contributed by atoms with E-state index >= 15 is 0 Å². The number of anilines is 1. The van der Waals surface area contributed by atoms with Crippen LogP contribution in [0.5, 0.6) is 0 Å². The summed E-state index contributed by atoms with van der Waals surface area (Å²) in [6.07, 6.45) is -0.954. The zero-order valence-corrected chi connectivity index (χ0v) is 21.3. The molecule has 0 amide bonds. The molecule has 38 heavy (non-hydrogen) atoms. The fraction of sp³-hybridized carbons (Fsp3) is 0.560. The minimum absolute atomic E-state index is 0.0567. The number of halogens is 3. The highest BCUT2D eigenvalue weighted by Crippen LogP contribution is 2.34. The molecule has 4 heterocycles. The molecule has 2 aliphatic rings. The SMILES string of the molecule is CC#CCn1c(N2CCCC(N)C2)nc2c1c(=O)n(Cc1nc3c(c(C(F)(F)F)n1)CCCC3)c(=O)n2C. The molecule has 0 aromatic carbocycles. The monoisotopic (exact) mass is 530 g/mol. The Morgan fingerprint density at radius 3 is 2.55 bits per heavy atom. The van der Waals surface area contributed by atoms with E-state index in [0.717, 1.165) is 23.8 Å². The molecular weight excluding hydrogens is 501 g/mol. The van der Waals surface area contributed by atoms with Gasteiger partial charge in [0.25, 0.3) is 5.56 Å². The quantitative estimate of drug-likeness (QED) is 0.509. The molecule has 10 nitrogen and oxygen atoms in total. The third kappa shape index (κ3) is 4.57. The maximum atomic E-state index is 13.8. The van der Waals surface area contributed by atoms with E-state index in [2.05, 4.69) is 26.8 Å². The lowest BCUT2D eigenvalue weighted by Gasteiger charge is -2.31. The van der Waals surface area contributed by atoms with Crippen LogP contribution >= 0.6 is 0 Å². The van der Waals surface area contributed by atoms with Gasteiger partial charge < -0.3 is 10.6 Å². The van der Waals surface area contributed by atoms with Gasteiger partial charge in [0.15, 0.2) is 16.9 Å². The molecule has 1 saturated heterocycles. The van der Waals surface area contributed by atoms with Crippen LogP contribution in [0.1, 0.15) is 55.4 Å². The van der Waals surface area contributed by atoms with Crippen molar-refractivity contribution in [2.45, 2.75) is 70.8 Å². The molecule has 3 aromatic heterocycles. The zero-order chi connectivity index (χ0) is 27.2. The minimum Gasteiger partial charge on any atom is -0.341 e. The van der Waals surface area contributed by atoms with E-state index in [1.54, 1.807) is 11.5 Å². The first-order valence-electron chi connectivity index (χ1n) is 12.7. The summed E-state index contributed by atoms with van der Waals surface area (Å²) in [4.78, 5) is 41.8. The van der Waals surface area contributed by atoms with Gasteiger partial charge in [-0.2, -0.15) is 18.2 Å². The van der Waals surface area contributed by atoms with Gasteiger partial charge in [0, 0.05) is 37.4 Å². The number of hydrogen-bond donors (Lipinski definition) is 1. The van der Waals surface area contributed by atoms with Crippen molar-refractivity contribution in [3.05, 3.63) is 43.6 Å². The number of nitrogens with zero attached hydrogens (tertiary/aromatic N) is 7. The number of piperidine rings is 1. The van der Waals surface area contributed by atoms with E-state index in [4.69, 9.17) is 5.73 Å². The lowest BCUT2D eigenvalue weighted by Crippen LogP contribution is -2.44. The Balaban J connectivity index is 1.67. The first kappa shape index (κ1) is 26.0. The van der Waals surface area contributed by atoms with Crippen molar-refractivity contribution >= 4 is 17.1 Å². The summed E-state index contributed by atoms with van der Waals surface area (Å²) in [5.74, 6) is 6.02. The van der Waals surface area contributed by atoms with E-state index in [1.807, 2.05) is 4.90 Å². The molecule has 1 aliphatic carbocycles. The second-order valence-corrected chi connectivity index (χ2v) is 9.80. The highest BCUT2D eigenvalue weighted by molar-refractivity contribution is 5.75. The van der Waals surface area contributed by atoms with Crippen molar-refractivity contribution in [1.82, 2.24) is 28.7 Å². The second-order valence-electron chi connectivity index (χ2n) is 9.80. The van der Waals surface area contributed by atoms with Crippen LogP contribution in [0.3, 0.4) is 0 Å². The standard InChI is InChI=1S/C25H29F3N8O2/c1-3-4-12-35-19-21(32-23(35)34-11-7-8-15(29)13-34)33(2)24(38)36(22(19)37)14-18-30-17-10-6-5-9-16(17)20(31-18)25(26,27)28/h15H,5-14,29H2,1-2H3. The van der Waals surface area contributed by atoms with Crippen LogP contribution in [0.4, 0.5) is 19.1 Å². The van der Waals surface area contributed by atoms with E-state index in [9.17, 15) is 22.8 Å². The van der Waals surface area contributed by atoms with Crippen molar-refractivity contribution < 1.29 is 13.2 Å². The summed E-state index contributed by atoms with van der Waals surface area (Å²) in [6, 6.07) is -0.0567. The Hall–Kier alpha value is -3.66. The van der Waals surface area contributed by atoms with Crippen molar-refractivity contribution in [1.29, 1.82) is 0 Å². The molecule has 1 atom stereocenters. The molecule has 2 N–H and O–H groups in total. The second kappa shape index (κ2) is 9.90. The molecular formula is C25H29F3N8O2. The third-order valence-corrected chi connectivity index (χ3v) is 7.16. The lowest BCUT2D eigenvalue weighted by atomic mass is 9.94. The predicted octanol–water partition coefficient (Wildman–Crippen LogP) is 1.58. The molecule has 5 rings (SSSR count). The summed E-state index contributed by atoms with van der Waals surface area (Å²) in [7, 11) is 1.48. The van der Waals surface area contributed by atoms with Crippen molar-refractivity contribution in [2.24, 2.45) is 12.8 Å². The van der Waals surface area contributed by atoms with E-state index in [0.29, 0.717) is 37.6 Å². The van der Waals surface area contributed by atoms with Gasteiger partial charge in [-0.05, 0) is 45.4 Å². The van der Waals surface area contributed by atoms with E-state index in [-0.39, 0.29) is 41.6 Å². The molecule has 1 aliphatic heterocycles. The fourth-order valence-electron chi connectivity index (χ4n) is 5.33. The molecule has 1 unspecified atom stereocenters. The van der Waals surface area contributed by atoms with Crippen molar-refractivity contribution in [2.75, 3.05) is 18.0 Å². The van der Waals surface area contributed by atoms with Crippen LogP contribution in [-0.4, -0.2) is 47.8 Å². The number of alkyl halides is 3. The number of nitrogens with two attached hydrogens (primary N) is 1. The highest BCUT2D eigenvalue weighted by Gasteiger charge is 2.38. The van der Waals surface area contributed by atoms with Crippen LogP contribution < -0.4 is 21.9 Å². The summed E-state index contributed by atoms with van der Waals surface area (Å²) in [5.41, 5.74) is 4.51. The van der Waals surface area contributed by atoms with Crippen molar-refractivity contribution in [3.8, 4) is 11.8 Å². The maximum Gasteiger partial charge on any atom is 0.433 e. The van der Waals surface area contributed by atoms with E-state index in [1.165, 1.54) is 11.6 Å². The number of aryl methyl sites for hydroxylation is 2. The van der Waals surface area contributed by atoms with Gasteiger partial charge in [-0.3, -0.25) is 18.5 Å². The topological polar surface area (TPSA) is 117 Å². The molecule has 0 spiro atoms. The maximum absolute atomic E-state index is 13.8. The van der Waals surface area contributed by atoms with Crippen molar-refractivity contribution in [3.63, 3.8) is 0 Å². The van der Waals surface area contributed by atoms with Gasteiger partial charge >= 0.3 is 11.9 Å². The number of rotatable bonds is 4. The third-order valence-electron chi connectivity index (χ3n) is 7.16. The molecule has 202 valence electrons. The highest BCUT2D eigenvalue weighted by atomic mass is 19.4. The Morgan fingerprint density at radius 2 is 1.84 bits per heavy atom. The summed E-state index contributed by atoms with van der Waals surface area (Å²) in [5, 5.41) is 0. The Bertz CT molecular complexity index is 1570. The van der Waals surface area contributed by atoms with Gasteiger partial charge in [-0.25, -0.2) is 14.8 Å². The van der Waals surface area contributed by atoms with Crippen LogP contribution in [-0.2, 0) is 39.2 Å². The minimum atomic E-state index is -4.67. The first-order valence-corrected chi connectivity index (χ1v) is 12.7. The van der Waals surface area contributed by atoms with Crippen LogP contribution in [0.2, 0.25) is 0 Å². The van der Waals surface area contributed by atoms with Gasteiger partial charge in [0.05, 0.1) is 13.1 Å². The molecule has 13 heteroatoms. The molecule has 0 saturated carbocycles. The smallest absolute Gasteiger partial charge is 0.341 e. The average molecular weight is 531 g/mol. The molecule has 0 radical (unpaired) electrons.